The number of urea groups is 1. The molecule has 5 nitrogen and oxygen atoms in total. The molecule has 6 heteroatoms. The highest BCUT2D eigenvalue weighted by atomic mass is 32.2. The van der Waals surface area contributed by atoms with Gasteiger partial charge in [0.15, 0.2) is 0 Å². The number of carboxylic acid groups (broad SMARTS) is 1. The lowest BCUT2D eigenvalue weighted by Crippen LogP contribution is -2.48. The van der Waals surface area contributed by atoms with Crippen molar-refractivity contribution in [1.82, 2.24) is 5.32 Å². The number of carbonyl (C=O) groups is 2. The molecule has 2 atom stereocenters. The van der Waals surface area contributed by atoms with Gasteiger partial charge < -0.3 is 10.4 Å². The number of amides is 2. The average Bonchev–Trinajstić information content (AvgIpc) is 2.85. The van der Waals surface area contributed by atoms with Gasteiger partial charge in [-0.3, -0.25) is 4.90 Å². The number of carbonyl (C=O) groups excluding carboxylic acids is 1. The third-order valence-corrected chi connectivity index (χ3v) is 4.44. The van der Waals surface area contributed by atoms with Gasteiger partial charge in [0.1, 0.15) is 6.04 Å². The minimum atomic E-state index is -0.974. The van der Waals surface area contributed by atoms with Crippen LogP contribution in [0.4, 0.5) is 10.5 Å². The summed E-state index contributed by atoms with van der Waals surface area (Å²) in [6.07, 6.45) is 2.38. The molecule has 0 bridgehead atoms. The standard InChI is InChI=1S/C15H20N2O3S/c1-10(9-21-2)8-16-15(20)17-12-6-4-3-5-11(12)7-13(17)14(18)19/h3-6,10,13H,7-9H2,1-2H3,(H,16,20)(H,18,19)/t10?,13-/m0/s1. The Morgan fingerprint density at radius 3 is 2.86 bits per heavy atom. The summed E-state index contributed by atoms with van der Waals surface area (Å²) in [4.78, 5) is 25.1. The summed E-state index contributed by atoms with van der Waals surface area (Å²) in [5.41, 5.74) is 1.59. The lowest BCUT2D eigenvalue weighted by atomic mass is 10.1. The zero-order chi connectivity index (χ0) is 15.4. The van der Waals surface area contributed by atoms with Crippen molar-refractivity contribution in [1.29, 1.82) is 0 Å². The van der Waals surface area contributed by atoms with Gasteiger partial charge in [-0.05, 0) is 29.6 Å². The number of hydrogen-bond donors (Lipinski definition) is 2. The van der Waals surface area contributed by atoms with Crippen molar-refractivity contribution < 1.29 is 14.7 Å². The number of anilines is 1. The van der Waals surface area contributed by atoms with E-state index in [9.17, 15) is 14.7 Å². The first-order valence-electron chi connectivity index (χ1n) is 6.91. The lowest BCUT2D eigenvalue weighted by molar-refractivity contribution is -0.138. The fourth-order valence-corrected chi connectivity index (χ4v) is 3.21. The van der Waals surface area contributed by atoms with E-state index in [1.165, 1.54) is 4.90 Å². The molecule has 2 amide bonds. The number of rotatable bonds is 5. The molecule has 0 aromatic heterocycles. The molecule has 1 aromatic carbocycles. The highest BCUT2D eigenvalue weighted by molar-refractivity contribution is 7.98. The van der Waals surface area contributed by atoms with Crippen molar-refractivity contribution in [3.8, 4) is 0 Å². The van der Waals surface area contributed by atoms with E-state index in [-0.39, 0.29) is 6.03 Å². The van der Waals surface area contributed by atoms with Crippen molar-refractivity contribution in [3.63, 3.8) is 0 Å². The number of carboxylic acids is 1. The molecule has 0 aliphatic carbocycles. The van der Waals surface area contributed by atoms with Crippen LogP contribution in [-0.2, 0) is 11.2 Å². The van der Waals surface area contributed by atoms with Gasteiger partial charge in [0.2, 0.25) is 0 Å². The first-order valence-corrected chi connectivity index (χ1v) is 8.30. The molecule has 1 aliphatic rings. The number of nitrogens with zero attached hydrogens (tertiary/aromatic N) is 1. The summed E-state index contributed by atoms with van der Waals surface area (Å²) in [5, 5.41) is 12.2. The summed E-state index contributed by atoms with van der Waals surface area (Å²) >= 11 is 1.73. The second-order valence-corrected chi connectivity index (χ2v) is 6.21. The van der Waals surface area contributed by atoms with E-state index in [1.54, 1.807) is 17.8 Å². The molecule has 1 aromatic rings. The monoisotopic (exact) mass is 308 g/mol. The minimum Gasteiger partial charge on any atom is -0.480 e. The zero-order valence-corrected chi connectivity index (χ0v) is 13.0. The van der Waals surface area contributed by atoms with E-state index < -0.39 is 12.0 Å². The maximum atomic E-state index is 12.4. The quantitative estimate of drug-likeness (QED) is 0.875. The van der Waals surface area contributed by atoms with Crippen LogP contribution in [0.5, 0.6) is 0 Å². The molecule has 2 rings (SSSR count). The van der Waals surface area contributed by atoms with Crippen molar-refractivity contribution in [2.45, 2.75) is 19.4 Å². The number of thioether (sulfide) groups is 1. The van der Waals surface area contributed by atoms with Crippen LogP contribution in [0.2, 0.25) is 0 Å². The molecule has 0 fully saturated rings. The number of fused-ring (bicyclic) bond motifs is 1. The Labute approximate surface area is 128 Å². The van der Waals surface area contributed by atoms with Crippen molar-refractivity contribution in [2.24, 2.45) is 5.92 Å². The number of aliphatic carboxylic acids is 1. The van der Waals surface area contributed by atoms with Crippen LogP contribution in [0.15, 0.2) is 24.3 Å². The van der Waals surface area contributed by atoms with Gasteiger partial charge in [0.25, 0.3) is 0 Å². The summed E-state index contributed by atoms with van der Waals surface area (Å²) < 4.78 is 0. The van der Waals surface area contributed by atoms with Gasteiger partial charge in [-0.2, -0.15) is 11.8 Å². The first-order chi connectivity index (χ1) is 10.0. The van der Waals surface area contributed by atoms with Crippen LogP contribution in [0.3, 0.4) is 0 Å². The molecule has 2 N–H and O–H groups in total. The van der Waals surface area contributed by atoms with Crippen molar-refractivity contribution >= 4 is 29.4 Å². The third-order valence-electron chi connectivity index (χ3n) is 3.53. The van der Waals surface area contributed by atoms with Crippen LogP contribution in [0.25, 0.3) is 0 Å². The van der Waals surface area contributed by atoms with E-state index in [4.69, 9.17) is 0 Å². The normalized spacial score (nSPS) is 18.2. The smallest absolute Gasteiger partial charge is 0.327 e. The Balaban J connectivity index is 2.11. The lowest BCUT2D eigenvalue weighted by Gasteiger charge is -2.24. The number of para-hydroxylation sites is 1. The fourth-order valence-electron chi connectivity index (χ4n) is 2.52. The van der Waals surface area contributed by atoms with Crippen LogP contribution < -0.4 is 10.2 Å². The van der Waals surface area contributed by atoms with E-state index in [1.807, 2.05) is 24.5 Å². The molecule has 0 saturated carbocycles. The highest BCUT2D eigenvalue weighted by Crippen LogP contribution is 2.32. The second-order valence-electron chi connectivity index (χ2n) is 5.30. The maximum absolute atomic E-state index is 12.4. The average molecular weight is 308 g/mol. The Morgan fingerprint density at radius 2 is 2.19 bits per heavy atom. The molecule has 0 saturated heterocycles. The maximum Gasteiger partial charge on any atom is 0.327 e. The summed E-state index contributed by atoms with van der Waals surface area (Å²) in [7, 11) is 0. The van der Waals surface area contributed by atoms with Crippen LogP contribution >= 0.6 is 11.8 Å². The van der Waals surface area contributed by atoms with Crippen LogP contribution in [-0.4, -0.2) is 41.7 Å². The summed E-state index contributed by atoms with van der Waals surface area (Å²) in [6.45, 7) is 2.61. The molecule has 0 radical (unpaired) electrons. The predicted octanol–water partition coefficient (Wildman–Crippen LogP) is 2.21. The molecule has 1 heterocycles. The predicted molar refractivity (Wildman–Crippen MR) is 85.0 cm³/mol. The van der Waals surface area contributed by atoms with Crippen molar-refractivity contribution in [2.75, 3.05) is 23.5 Å². The fraction of sp³-hybridized carbons (Fsp3) is 0.467. The Bertz CT molecular complexity index is 535. The summed E-state index contributed by atoms with van der Waals surface area (Å²) in [6, 6.07) is 6.19. The Kier molecular flexibility index (Phi) is 5.12. The molecule has 0 spiro atoms. The topological polar surface area (TPSA) is 69.6 Å². The van der Waals surface area contributed by atoms with Gasteiger partial charge in [0.05, 0.1) is 0 Å². The van der Waals surface area contributed by atoms with Gasteiger partial charge >= 0.3 is 12.0 Å². The van der Waals surface area contributed by atoms with Crippen LogP contribution in [0, 0.1) is 5.92 Å². The number of benzene rings is 1. The van der Waals surface area contributed by atoms with Gasteiger partial charge in [-0.25, -0.2) is 9.59 Å². The second kappa shape index (κ2) is 6.85. The van der Waals surface area contributed by atoms with Crippen molar-refractivity contribution in [3.05, 3.63) is 29.8 Å². The van der Waals surface area contributed by atoms with E-state index in [0.717, 1.165) is 11.3 Å². The third kappa shape index (κ3) is 3.50. The van der Waals surface area contributed by atoms with Gasteiger partial charge in [0, 0.05) is 18.7 Å². The zero-order valence-electron chi connectivity index (χ0n) is 12.2. The molecular formula is C15H20N2O3S. The first kappa shape index (κ1) is 15.7. The minimum absolute atomic E-state index is 0.333. The SMILES string of the molecule is CSCC(C)CNC(=O)N1c2ccccc2C[C@H]1C(=O)O. The molecule has 1 aliphatic heterocycles. The molecule has 114 valence electrons. The van der Waals surface area contributed by atoms with E-state index in [0.29, 0.717) is 24.6 Å². The Morgan fingerprint density at radius 1 is 1.48 bits per heavy atom. The van der Waals surface area contributed by atoms with E-state index in [2.05, 4.69) is 12.2 Å². The molecule has 21 heavy (non-hydrogen) atoms. The van der Waals surface area contributed by atoms with Crippen LogP contribution in [0.1, 0.15) is 12.5 Å². The molecular weight excluding hydrogens is 288 g/mol. The van der Waals surface area contributed by atoms with Gasteiger partial charge in [-0.15, -0.1) is 0 Å². The highest BCUT2D eigenvalue weighted by Gasteiger charge is 2.38. The number of hydrogen-bond acceptors (Lipinski definition) is 3. The summed E-state index contributed by atoms with van der Waals surface area (Å²) in [5.74, 6) is 0.336. The van der Waals surface area contributed by atoms with E-state index >= 15 is 0 Å². The number of nitrogens with one attached hydrogen (secondary N) is 1. The Hall–Kier alpha value is -1.69. The van der Waals surface area contributed by atoms with Gasteiger partial charge in [-0.1, -0.05) is 25.1 Å². The molecule has 1 unspecified atom stereocenters. The largest absolute Gasteiger partial charge is 0.480 e.